The largest absolute Gasteiger partial charge is 0.295 e. The zero-order chi connectivity index (χ0) is 9.52. The predicted octanol–water partition coefficient (Wildman–Crippen LogP) is 3.55. The fourth-order valence-electron chi connectivity index (χ4n) is 1.41. The van der Waals surface area contributed by atoms with Gasteiger partial charge in [0.05, 0.1) is 0 Å². The van der Waals surface area contributed by atoms with Crippen LogP contribution in [0.25, 0.3) is 0 Å². The van der Waals surface area contributed by atoms with Crippen LogP contribution >= 0.6 is 11.8 Å². The lowest BCUT2D eigenvalue weighted by Gasteiger charge is -2.11. The van der Waals surface area contributed by atoms with Crippen LogP contribution in [0.15, 0.2) is 11.0 Å². The number of carbonyl (C=O) groups is 1. The zero-order valence-electron chi connectivity index (χ0n) is 8.34. The van der Waals surface area contributed by atoms with Gasteiger partial charge in [-0.25, -0.2) is 0 Å². The molecule has 1 aliphatic carbocycles. The van der Waals surface area contributed by atoms with Crippen molar-refractivity contribution < 1.29 is 4.79 Å². The fraction of sp³-hybridized carbons (Fsp3) is 0.727. The first kappa shape index (κ1) is 10.8. The van der Waals surface area contributed by atoms with Gasteiger partial charge in [-0.1, -0.05) is 13.3 Å². The third-order valence-electron chi connectivity index (χ3n) is 2.30. The second-order valence-electron chi connectivity index (χ2n) is 3.50. The molecule has 0 saturated heterocycles. The first-order chi connectivity index (χ1) is 6.34. The van der Waals surface area contributed by atoms with Crippen LogP contribution < -0.4 is 0 Å². The molecule has 0 radical (unpaired) electrons. The molecule has 0 heterocycles. The maximum atomic E-state index is 11.4. The third-order valence-corrected chi connectivity index (χ3v) is 3.28. The van der Waals surface area contributed by atoms with Gasteiger partial charge in [0.15, 0.2) is 5.78 Å². The topological polar surface area (TPSA) is 17.1 Å². The van der Waals surface area contributed by atoms with Gasteiger partial charge >= 0.3 is 0 Å². The summed E-state index contributed by atoms with van der Waals surface area (Å²) in [5.74, 6) is 1.54. The Balaban J connectivity index is 2.27. The molecule has 0 aromatic rings. The van der Waals surface area contributed by atoms with E-state index in [-0.39, 0.29) is 0 Å². The highest BCUT2D eigenvalue weighted by atomic mass is 32.2. The van der Waals surface area contributed by atoms with Gasteiger partial charge in [-0.15, -0.1) is 11.8 Å². The summed E-state index contributed by atoms with van der Waals surface area (Å²) in [4.78, 5) is 11.4. The minimum atomic E-state index is 0.384. The lowest BCUT2D eigenvalue weighted by atomic mass is 9.95. The Hall–Kier alpha value is -0.240. The molecule has 1 rings (SSSR count). The number of rotatable bonds is 4. The van der Waals surface area contributed by atoms with Crippen LogP contribution in [0.5, 0.6) is 0 Å². The first-order valence-corrected chi connectivity index (χ1v) is 6.23. The number of Topliss-reactive ketones (excluding diaryl/α,β-unsaturated/α-hetero) is 1. The standard InChI is InChI=1S/C11H18OS/c1-2-3-8-13-9-10-6-4-5-7-11(10)12/h9H,2-8H2,1H3/b10-9+. The average Bonchev–Trinajstić information content (AvgIpc) is 2.15. The van der Waals surface area contributed by atoms with E-state index in [1.165, 1.54) is 19.3 Å². The van der Waals surface area contributed by atoms with Crippen molar-refractivity contribution in [3.05, 3.63) is 11.0 Å². The highest BCUT2D eigenvalue weighted by Crippen LogP contribution is 2.22. The smallest absolute Gasteiger partial charge is 0.159 e. The molecule has 0 unspecified atom stereocenters. The minimum Gasteiger partial charge on any atom is -0.295 e. The number of carbonyl (C=O) groups excluding carboxylic acids is 1. The summed E-state index contributed by atoms with van der Waals surface area (Å²) in [5.41, 5.74) is 1.08. The highest BCUT2D eigenvalue weighted by molar-refractivity contribution is 8.02. The van der Waals surface area contributed by atoms with Crippen molar-refractivity contribution in [1.82, 2.24) is 0 Å². The maximum absolute atomic E-state index is 11.4. The summed E-state index contributed by atoms with van der Waals surface area (Å²) in [6.45, 7) is 2.19. The molecule has 1 nitrogen and oxygen atoms in total. The van der Waals surface area contributed by atoms with Crippen LogP contribution in [0.2, 0.25) is 0 Å². The molecule has 0 spiro atoms. The van der Waals surface area contributed by atoms with Gasteiger partial charge in [0.25, 0.3) is 0 Å². The van der Waals surface area contributed by atoms with Crippen molar-refractivity contribution in [1.29, 1.82) is 0 Å². The molecule has 0 aliphatic heterocycles. The Morgan fingerprint density at radius 3 is 2.85 bits per heavy atom. The quantitative estimate of drug-likeness (QED) is 0.507. The number of ketones is 1. The van der Waals surface area contributed by atoms with Crippen molar-refractivity contribution >= 4 is 17.5 Å². The highest BCUT2D eigenvalue weighted by Gasteiger charge is 2.13. The zero-order valence-corrected chi connectivity index (χ0v) is 9.16. The molecule has 0 aromatic heterocycles. The normalized spacial score (nSPS) is 21.0. The van der Waals surface area contributed by atoms with E-state index in [9.17, 15) is 4.79 Å². The lowest BCUT2D eigenvalue weighted by molar-refractivity contribution is -0.116. The molecule has 0 amide bonds. The molecular formula is C11H18OS. The van der Waals surface area contributed by atoms with Crippen LogP contribution in [0.3, 0.4) is 0 Å². The maximum Gasteiger partial charge on any atom is 0.159 e. The van der Waals surface area contributed by atoms with Crippen LogP contribution in [-0.2, 0) is 4.79 Å². The number of hydrogen-bond acceptors (Lipinski definition) is 2. The number of unbranched alkanes of at least 4 members (excludes halogenated alkanes) is 1. The summed E-state index contributed by atoms with van der Waals surface area (Å²) >= 11 is 1.81. The molecule has 0 aromatic carbocycles. The van der Waals surface area contributed by atoms with E-state index >= 15 is 0 Å². The number of thioether (sulfide) groups is 1. The van der Waals surface area contributed by atoms with E-state index in [2.05, 4.69) is 12.3 Å². The molecule has 0 N–H and O–H groups in total. The van der Waals surface area contributed by atoms with E-state index in [1.807, 2.05) is 0 Å². The summed E-state index contributed by atoms with van der Waals surface area (Å²) in [5, 5.41) is 2.09. The van der Waals surface area contributed by atoms with Crippen molar-refractivity contribution in [3.8, 4) is 0 Å². The van der Waals surface area contributed by atoms with E-state index in [0.717, 1.165) is 30.6 Å². The molecular weight excluding hydrogens is 180 g/mol. The summed E-state index contributed by atoms with van der Waals surface area (Å²) in [7, 11) is 0. The summed E-state index contributed by atoms with van der Waals surface area (Å²) in [6, 6.07) is 0. The first-order valence-electron chi connectivity index (χ1n) is 5.18. The average molecular weight is 198 g/mol. The van der Waals surface area contributed by atoms with E-state index in [4.69, 9.17) is 0 Å². The van der Waals surface area contributed by atoms with Crippen LogP contribution in [0.4, 0.5) is 0 Å². The Morgan fingerprint density at radius 2 is 2.15 bits per heavy atom. The Bertz CT molecular complexity index is 196. The molecule has 0 atom stereocenters. The molecule has 1 aliphatic rings. The van der Waals surface area contributed by atoms with E-state index in [1.54, 1.807) is 11.8 Å². The van der Waals surface area contributed by atoms with Gasteiger partial charge < -0.3 is 0 Å². The summed E-state index contributed by atoms with van der Waals surface area (Å²) < 4.78 is 0. The predicted molar refractivity (Wildman–Crippen MR) is 58.9 cm³/mol. The third kappa shape index (κ3) is 3.99. The van der Waals surface area contributed by atoms with Crippen LogP contribution in [0.1, 0.15) is 45.4 Å². The number of allylic oxidation sites excluding steroid dienone is 1. The monoisotopic (exact) mass is 198 g/mol. The molecule has 13 heavy (non-hydrogen) atoms. The summed E-state index contributed by atoms with van der Waals surface area (Å²) in [6.07, 6.45) is 6.58. The Morgan fingerprint density at radius 1 is 1.38 bits per heavy atom. The van der Waals surface area contributed by atoms with Crippen molar-refractivity contribution in [2.24, 2.45) is 0 Å². The van der Waals surface area contributed by atoms with E-state index in [0.29, 0.717) is 5.78 Å². The molecule has 0 bridgehead atoms. The van der Waals surface area contributed by atoms with Crippen molar-refractivity contribution in [3.63, 3.8) is 0 Å². The Kier molecular flexibility index (Phi) is 5.21. The van der Waals surface area contributed by atoms with Gasteiger partial charge in [0.1, 0.15) is 0 Å². The molecule has 2 heteroatoms. The van der Waals surface area contributed by atoms with Crippen LogP contribution in [-0.4, -0.2) is 11.5 Å². The van der Waals surface area contributed by atoms with Crippen molar-refractivity contribution in [2.45, 2.75) is 45.4 Å². The fourth-order valence-corrected chi connectivity index (χ4v) is 2.44. The lowest BCUT2D eigenvalue weighted by Crippen LogP contribution is -2.07. The SMILES string of the molecule is CCCCS/C=C1\CCCCC1=O. The molecule has 1 saturated carbocycles. The second-order valence-corrected chi connectivity index (χ2v) is 4.48. The second kappa shape index (κ2) is 6.25. The van der Waals surface area contributed by atoms with Crippen molar-refractivity contribution in [2.75, 3.05) is 5.75 Å². The number of hydrogen-bond donors (Lipinski definition) is 0. The van der Waals surface area contributed by atoms with Gasteiger partial charge in [0, 0.05) is 12.0 Å². The van der Waals surface area contributed by atoms with Crippen LogP contribution in [0, 0.1) is 0 Å². The van der Waals surface area contributed by atoms with Gasteiger partial charge in [-0.3, -0.25) is 4.79 Å². The van der Waals surface area contributed by atoms with Gasteiger partial charge in [0.2, 0.25) is 0 Å². The molecule has 74 valence electrons. The van der Waals surface area contributed by atoms with Gasteiger partial charge in [-0.2, -0.15) is 0 Å². The minimum absolute atomic E-state index is 0.384. The van der Waals surface area contributed by atoms with Gasteiger partial charge in [-0.05, 0) is 36.8 Å². The Labute approximate surface area is 85.0 Å². The molecule has 1 fully saturated rings. The van der Waals surface area contributed by atoms with E-state index < -0.39 is 0 Å².